The molecule has 0 aromatic carbocycles. The Balaban J connectivity index is 1.56. The van der Waals surface area contributed by atoms with Crippen molar-refractivity contribution in [1.29, 1.82) is 5.26 Å². The normalized spacial score (nSPS) is 16.3. The average molecular weight is 329 g/mol. The minimum atomic E-state index is -0.784. The second kappa shape index (κ2) is 6.38. The van der Waals surface area contributed by atoms with Crippen molar-refractivity contribution in [3.05, 3.63) is 24.5 Å². The maximum absolute atomic E-state index is 12.0. The van der Waals surface area contributed by atoms with Crippen molar-refractivity contribution in [2.24, 2.45) is 5.92 Å². The van der Waals surface area contributed by atoms with E-state index in [1.165, 1.54) is 0 Å². The molecule has 1 atom stereocenters. The van der Waals surface area contributed by atoms with Crippen LogP contribution in [0.3, 0.4) is 0 Å². The number of nitrogens with one attached hydrogen (secondary N) is 1. The lowest BCUT2D eigenvalue weighted by Crippen LogP contribution is -2.47. The standard InChI is InChI=1S/C15H15N5O2S/c1-15(9-16,11-4-5-11)18-12(21)8-23-14-20-19-13(22-14)10-3-2-6-17-7-10/h2-3,6-7,11H,4-5,8H2,1H3,(H,18,21)/t15-/m1/s1. The van der Waals surface area contributed by atoms with E-state index in [2.05, 4.69) is 26.6 Å². The molecular weight excluding hydrogens is 314 g/mol. The van der Waals surface area contributed by atoms with Gasteiger partial charge in [-0.3, -0.25) is 9.78 Å². The Hall–Kier alpha value is -2.40. The van der Waals surface area contributed by atoms with Crippen molar-refractivity contribution >= 4 is 17.7 Å². The summed E-state index contributed by atoms with van der Waals surface area (Å²) in [6.07, 6.45) is 5.25. The fourth-order valence-electron chi connectivity index (χ4n) is 2.21. The van der Waals surface area contributed by atoms with Gasteiger partial charge in [0, 0.05) is 12.4 Å². The van der Waals surface area contributed by atoms with Gasteiger partial charge in [-0.15, -0.1) is 10.2 Å². The van der Waals surface area contributed by atoms with Crippen LogP contribution < -0.4 is 5.32 Å². The van der Waals surface area contributed by atoms with Gasteiger partial charge in [0.15, 0.2) is 0 Å². The summed E-state index contributed by atoms with van der Waals surface area (Å²) in [5.74, 6) is 0.522. The van der Waals surface area contributed by atoms with Gasteiger partial charge < -0.3 is 9.73 Å². The molecule has 23 heavy (non-hydrogen) atoms. The monoisotopic (exact) mass is 329 g/mol. The predicted molar refractivity (Wildman–Crippen MR) is 83.1 cm³/mol. The minimum absolute atomic E-state index is 0.124. The van der Waals surface area contributed by atoms with E-state index < -0.39 is 5.54 Å². The Morgan fingerprint density at radius 2 is 2.39 bits per heavy atom. The Morgan fingerprint density at radius 3 is 3.04 bits per heavy atom. The van der Waals surface area contributed by atoms with Crippen LogP contribution in [0.4, 0.5) is 0 Å². The zero-order valence-corrected chi connectivity index (χ0v) is 13.3. The largest absolute Gasteiger partial charge is 0.411 e. The second-order valence-corrected chi connectivity index (χ2v) is 6.47. The molecule has 2 aromatic rings. The first-order valence-corrected chi connectivity index (χ1v) is 8.18. The van der Waals surface area contributed by atoms with Gasteiger partial charge in [0.2, 0.25) is 11.8 Å². The summed E-state index contributed by atoms with van der Waals surface area (Å²) in [5.41, 5.74) is -0.0602. The third-order valence-corrected chi connectivity index (χ3v) is 4.49. The first-order chi connectivity index (χ1) is 11.1. The van der Waals surface area contributed by atoms with E-state index in [-0.39, 0.29) is 17.6 Å². The number of carbonyl (C=O) groups is 1. The molecule has 7 nitrogen and oxygen atoms in total. The van der Waals surface area contributed by atoms with Gasteiger partial charge in [-0.2, -0.15) is 5.26 Å². The molecule has 118 valence electrons. The van der Waals surface area contributed by atoms with Crippen molar-refractivity contribution in [2.75, 3.05) is 5.75 Å². The summed E-state index contributed by atoms with van der Waals surface area (Å²) in [7, 11) is 0. The topological polar surface area (TPSA) is 105 Å². The quantitative estimate of drug-likeness (QED) is 0.808. The van der Waals surface area contributed by atoms with Crippen molar-refractivity contribution in [3.8, 4) is 17.5 Å². The lowest BCUT2D eigenvalue weighted by molar-refractivity contribution is -0.119. The van der Waals surface area contributed by atoms with Gasteiger partial charge in [-0.05, 0) is 37.8 Å². The predicted octanol–water partition coefficient (Wildman–Crippen LogP) is 2.03. The molecule has 1 N–H and O–H groups in total. The van der Waals surface area contributed by atoms with E-state index in [4.69, 9.17) is 4.42 Å². The molecular formula is C15H15N5O2S. The van der Waals surface area contributed by atoms with Crippen LogP contribution in [0.25, 0.3) is 11.5 Å². The fourth-order valence-corrected chi connectivity index (χ4v) is 2.77. The third-order valence-electron chi connectivity index (χ3n) is 3.67. The zero-order chi connectivity index (χ0) is 16.3. The van der Waals surface area contributed by atoms with Crippen molar-refractivity contribution in [2.45, 2.75) is 30.5 Å². The van der Waals surface area contributed by atoms with Crippen LogP contribution in [0.1, 0.15) is 19.8 Å². The Kier molecular flexibility index (Phi) is 4.30. The first-order valence-electron chi connectivity index (χ1n) is 7.20. The average Bonchev–Trinajstić information content (AvgIpc) is 3.33. The van der Waals surface area contributed by atoms with Crippen LogP contribution in [0.2, 0.25) is 0 Å². The van der Waals surface area contributed by atoms with Crippen molar-refractivity contribution < 1.29 is 9.21 Å². The summed E-state index contributed by atoms with van der Waals surface area (Å²) in [5, 5.41) is 20.2. The number of aromatic nitrogens is 3. The molecule has 1 amide bonds. The highest BCUT2D eigenvalue weighted by Gasteiger charge is 2.42. The van der Waals surface area contributed by atoms with E-state index in [0.29, 0.717) is 11.1 Å². The van der Waals surface area contributed by atoms with Crippen LogP contribution in [0.15, 0.2) is 34.2 Å². The minimum Gasteiger partial charge on any atom is -0.411 e. The first kappa shape index (κ1) is 15.5. The maximum Gasteiger partial charge on any atom is 0.277 e. The molecule has 0 unspecified atom stereocenters. The molecule has 1 fully saturated rings. The highest BCUT2D eigenvalue weighted by atomic mass is 32.2. The zero-order valence-electron chi connectivity index (χ0n) is 12.5. The number of nitriles is 1. The van der Waals surface area contributed by atoms with Crippen molar-refractivity contribution in [3.63, 3.8) is 0 Å². The third kappa shape index (κ3) is 3.68. The molecule has 3 rings (SSSR count). The van der Waals surface area contributed by atoms with Crippen LogP contribution >= 0.6 is 11.8 Å². The van der Waals surface area contributed by atoms with Crippen LogP contribution in [0, 0.1) is 17.2 Å². The van der Waals surface area contributed by atoms with Gasteiger partial charge in [0.1, 0.15) is 5.54 Å². The number of nitrogens with zero attached hydrogens (tertiary/aromatic N) is 4. The smallest absolute Gasteiger partial charge is 0.277 e. The highest BCUT2D eigenvalue weighted by Crippen LogP contribution is 2.39. The molecule has 8 heteroatoms. The summed E-state index contributed by atoms with van der Waals surface area (Å²) in [6.45, 7) is 1.76. The SMILES string of the molecule is C[C@](C#N)(NC(=O)CSc1nnc(-c2cccnc2)o1)C1CC1. The summed E-state index contributed by atoms with van der Waals surface area (Å²) >= 11 is 1.15. The molecule has 0 saturated heterocycles. The Bertz CT molecular complexity index is 738. The number of hydrogen-bond acceptors (Lipinski definition) is 7. The number of pyridine rings is 1. The van der Waals surface area contributed by atoms with E-state index in [9.17, 15) is 10.1 Å². The number of carbonyl (C=O) groups excluding carboxylic acids is 1. The maximum atomic E-state index is 12.0. The van der Waals surface area contributed by atoms with Gasteiger partial charge in [0.25, 0.3) is 5.22 Å². The van der Waals surface area contributed by atoms with Gasteiger partial charge in [0.05, 0.1) is 17.4 Å². The highest BCUT2D eigenvalue weighted by molar-refractivity contribution is 7.99. The molecule has 0 radical (unpaired) electrons. The number of amides is 1. The Labute approximate surface area is 137 Å². The molecule has 0 aliphatic heterocycles. The summed E-state index contributed by atoms with van der Waals surface area (Å²) in [6, 6.07) is 5.79. The molecule has 1 aliphatic carbocycles. The van der Waals surface area contributed by atoms with Crippen LogP contribution in [-0.4, -0.2) is 32.4 Å². The van der Waals surface area contributed by atoms with Crippen molar-refractivity contribution in [1.82, 2.24) is 20.5 Å². The van der Waals surface area contributed by atoms with Gasteiger partial charge in [-0.1, -0.05) is 11.8 Å². The van der Waals surface area contributed by atoms with E-state index in [1.54, 1.807) is 25.4 Å². The number of rotatable bonds is 6. The second-order valence-electron chi connectivity index (χ2n) is 5.54. The summed E-state index contributed by atoms with van der Waals surface area (Å²) < 4.78 is 5.49. The molecule has 2 heterocycles. The van der Waals surface area contributed by atoms with E-state index in [0.717, 1.165) is 30.2 Å². The van der Waals surface area contributed by atoms with Crippen LogP contribution in [0.5, 0.6) is 0 Å². The molecule has 1 saturated carbocycles. The molecule has 2 aromatic heterocycles. The number of hydrogen-bond donors (Lipinski definition) is 1. The fraction of sp³-hybridized carbons (Fsp3) is 0.400. The van der Waals surface area contributed by atoms with E-state index >= 15 is 0 Å². The lowest BCUT2D eigenvalue weighted by atomic mass is 9.98. The van der Waals surface area contributed by atoms with Gasteiger partial charge >= 0.3 is 0 Å². The lowest BCUT2D eigenvalue weighted by Gasteiger charge is -2.22. The number of thioether (sulfide) groups is 1. The van der Waals surface area contributed by atoms with Gasteiger partial charge in [-0.25, -0.2) is 0 Å². The molecule has 0 bridgehead atoms. The molecule has 1 aliphatic rings. The molecule has 0 spiro atoms. The Morgan fingerprint density at radius 1 is 1.57 bits per heavy atom. The van der Waals surface area contributed by atoms with E-state index in [1.807, 2.05) is 6.07 Å². The van der Waals surface area contributed by atoms with Crippen LogP contribution in [-0.2, 0) is 4.79 Å². The summed E-state index contributed by atoms with van der Waals surface area (Å²) in [4.78, 5) is 16.0.